The highest BCUT2D eigenvalue weighted by Crippen LogP contribution is 2.61. The second-order valence-electron chi connectivity index (χ2n) is 9.47. The average molecular weight is 571 g/mol. The zero-order valence-corrected chi connectivity index (χ0v) is 22.7. The van der Waals surface area contributed by atoms with E-state index in [-0.39, 0.29) is 18.6 Å². The number of likely N-dealkylation sites (tertiary alicyclic amines) is 1. The third-order valence-corrected chi connectivity index (χ3v) is 6.95. The molecule has 1 aliphatic heterocycles. The zero-order valence-electron chi connectivity index (χ0n) is 21.1. The molecule has 1 aromatic heterocycles. The molecule has 2 fully saturated rings. The number of benzene rings is 1. The minimum atomic E-state index is -1.10. The van der Waals surface area contributed by atoms with Crippen LogP contribution in [-0.2, 0) is 21.4 Å². The molecule has 3 atom stereocenters. The van der Waals surface area contributed by atoms with Gasteiger partial charge in [0.2, 0.25) is 6.41 Å². The van der Waals surface area contributed by atoms with Crippen LogP contribution in [0.1, 0.15) is 49.3 Å². The third-order valence-electron chi connectivity index (χ3n) is 6.49. The Morgan fingerprint density at radius 1 is 1.28 bits per heavy atom. The van der Waals surface area contributed by atoms with Crippen LogP contribution in [0.15, 0.2) is 29.1 Å². The van der Waals surface area contributed by atoms with Crippen LogP contribution in [0.5, 0.6) is 0 Å². The summed E-state index contributed by atoms with van der Waals surface area (Å²) in [5, 5.41) is 2.27. The maximum absolute atomic E-state index is 13.7. The molecule has 2 heterocycles. The fourth-order valence-electron chi connectivity index (χ4n) is 4.38. The topological polar surface area (TPSA) is 93.5 Å². The highest BCUT2D eigenvalue weighted by atomic mass is 79.9. The Kier molecular flexibility index (Phi) is 10.7. The number of ether oxygens (including phenoxy) is 1. The molecule has 1 saturated carbocycles. The lowest BCUT2D eigenvalue weighted by molar-refractivity contribution is -0.143. The Morgan fingerprint density at radius 2 is 1.92 bits per heavy atom. The maximum atomic E-state index is 13.7. The zero-order chi connectivity index (χ0) is 27.0. The largest absolute Gasteiger partial charge is 0.466 e. The van der Waals surface area contributed by atoms with E-state index in [1.807, 2.05) is 7.05 Å². The fraction of sp³-hybridized carbons (Fsp3) is 0.520. The number of hydrogen-bond acceptors (Lipinski definition) is 6. The van der Waals surface area contributed by atoms with Gasteiger partial charge in [-0.05, 0) is 43.4 Å². The molecule has 4 rings (SSSR count). The van der Waals surface area contributed by atoms with Gasteiger partial charge in [-0.2, -0.15) is 0 Å². The lowest BCUT2D eigenvalue weighted by Crippen LogP contribution is -2.24. The van der Waals surface area contributed by atoms with Crippen LogP contribution in [0.3, 0.4) is 0 Å². The number of amides is 1. The summed E-state index contributed by atoms with van der Waals surface area (Å²) in [6.07, 6.45) is 4.01. The van der Waals surface area contributed by atoms with Gasteiger partial charge in [-0.1, -0.05) is 29.8 Å². The number of rotatable bonds is 7. The molecule has 0 radical (unpaired) electrons. The Morgan fingerprint density at radius 3 is 2.36 bits per heavy atom. The molecule has 11 heteroatoms. The van der Waals surface area contributed by atoms with Gasteiger partial charge in [-0.25, -0.2) is 13.8 Å². The van der Waals surface area contributed by atoms with E-state index in [1.165, 1.54) is 19.2 Å². The number of esters is 1. The molecular weight excluding hydrogens is 538 g/mol. The van der Waals surface area contributed by atoms with Gasteiger partial charge >= 0.3 is 5.97 Å². The van der Waals surface area contributed by atoms with Crippen LogP contribution in [0, 0.1) is 28.9 Å². The maximum Gasteiger partial charge on any atom is 0.308 e. The molecule has 1 N–H and O–H groups in total. The monoisotopic (exact) mass is 570 g/mol. The summed E-state index contributed by atoms with van der Waals surface area (Å²) in [5.41, 5.74) is 1.06. The molecule has 3 unspecified atom stereocenters. The predicted molar refractivity (Wildman–Crippen MR) is 134 cm³/mol. The predicted octanol–water partition coefficient (Wildman–Crippen LogP) is 3.90. The van der Waals surface area contributed by atoms with E-state index in [1.54, 1.807) is 24.0 Å². The minimum absolute atomic E-state index is 0.118. The van der Waals surface area contributed by atoms with Gasteiger partial charge in [0.25, 0.3) is 0 Å². The number of nitrogens with zero attached hydrogens (tertiary/aromatic N) is 3. The number of aldehydes is 1. The average Bonchev–Trinajstić information content (AvgIpc) is 3.19. The first kappa shape index (κ1) is 29.6. The molecule has 2 aliphatic rings. The number of carbonyl (C=O) groups is 3. The van der Waals surface area contributed by atoms with E-state index >= 15 is 0 Å². The number of fused-ring (bicyclic) bond motifs is 1. The minimum Gasteiger partial charge on any atom is -0.466 e. The second-order valence-corrected chi connectivity index (χ2v) is 10.4. The highest BCUT2D eigenvalue weighted by molar-refractivity contribution is 9.10. The normalized spacial score (nSPS) is 20.0. The molecule has 1 saturated heterocycles. The third kappa shape index (κ3) is 7.92. The summed E-state index contributed by atoms with van der Waals surface area (Å²) < 4.78 is 33.7. The highest BCUT2D eigenvalue weighted by Gasteiger charge is 2.60. The van der Waals surface area contributed by atoms with Gasteiger partial charge < -0.3 is 19.5 Å². The van der Waals surface area contributed by atoms with E-state index in [0.717, 1.165) is 24.2 Å². The first-order chi connectivity index (χ1) is 16.9. The van der Waals surface area contributed by atoms with Crippen molar-refractivity contribution in [2.75, 3.05) is 26.7 Å². The molecule has 0 spiro atoms. The summed E-state index contributed by atoms with van der Waals surface area (Å²) in [5.74, 6) is -0.718. The van der Waals surface area contributed by atoms with Gasteiger partial charge in [0.05, 0.1) is 25.4 Å². The van der Waals surface area contributed by atoms with Crippen molar-refractivity contribution in [3.63, 3.8) is 0 Å². The number of nitrogens with one attached hydrogen (secondary N) is 1. The molecule has 1 aromatic carbocycles. The van der Waals surface area contributed by atoms with Gasteiger partial charge in [-0.15, -0.1) is 0 Å². The van der Waals surface area contributed by atoms with Crippen molar-refractivity contribution in [1.29, 1.82) is 0 Å². The standard InChI is InChI=1S/C12H12BrF2NO3.C8H15N.C5H6N2O/c1-2-19-11(18)5-10(16-6-17)8-3-7(13)4-9(14)12(8)15;1-8(2)6-4-9(3)5-7(6)8;1-7-2-5(3-8)6-4-7/h3-4,6,10H,2,5H2,1H3,(H,16,17);6-7H,4-5H2,1-3H3;2-4H,1H3. The molecule has 8 nitrogen and oxygen atoms in total. The van der Waals surface area contributed by atoms with Crippen LogP contribution in [0.4, 0.5) is 8.78 Å². The number of aryl methyl sites for hydroxylation is 1. The number of halogens is 3. The van der Waals surface area contributed by atoms with E-state index in [2.05, 4.69) is 52.0 Å². The van der Waals surface area contributed by atoms with E-state index < -0.39 is 23.6 Å². The van der Waals surface area contributed by atoms with E-state index in [4.69, 9.17) is 4.74 Å². The summed E-state index contributed by atoms with van der Waals surface area (Å²) in [7, 11) is 4.04. The van der Waals surface area contributed by atoms with Gasteiger partial charge in [-0.3, -0.25) is 14.4 Å². The number of carbonyl (C=O) groups excluding carboxylic acids is 3. The first-order valence-electron chi connectivity index (χ1n) is 11.6. The van der Waals surface area contributed by atoms with E-state index in [0.29, 0.717) is 22.0 Å². The van der Waals surface area contributed by atoms with Gasteiger partial charge in [0, 0.05) is 36.4 Å². The molecule has 0 bridgehead atoms. The smallest absolute Gasteiger partial charge is 0.308 e. The van der Waals surface area contributed by atoms with Crippen molar-refractivity contribution in [2.45, 2.75) is 33.2 Å². The Bertz CT molecular complexity index is 1050. The van der Waals surface area contributed by atoms with Gasteiger partial charge in [0.15, 0.2) is 17.9 Å². The SMILES string of the molecule is CCOC(=O)CC(NC=O)c1cc(Br)cc(F)c1F.CN1CC2C(C1)C2(C)C.Cn1cnc(C=O)c1. The fourth-order valence-corrected chi connectivity index (χ4v) is 4.83. The summed E-state index contributed by atoms with van der Waals surface area (Å²) in [6, 6.07) is 1.28. The van der Waals surface area contributed by atoms with Crippen molar-refractivity contribution in [3.05, 3.63) is 52.0 Å². The van der Waals surface area contributed by atoms with Crippen LogP contribution in [-0.4, -0.2) is 59.9 Å². The van der Waals surface area contributed by atoms with Crippen LogP contribution in [0.25, 0.3) is 0 Å². The van der Waals surface area contributed by atoms with Gasteiger partial charge in [0.1, 0.15) is 5.69 Å². The van der Waals surface area contributed by atoms with Crippen molar-refractivity contribution < 1.29 is 27.9 Å². The van der Waals surface area contributed by atoms with Crippen molar-refractivity contribution in [2.24, 2.45) is 24.3 Å². The van der Waals surface area contributed by atoms with Crippen LogP contribution < -0.4 is 5.32 Å². The van der Waals surface area contributed by atoms with Crippen LogP contribution >= 0.6 is 15.9 Å². The Labute approximate surface area is 218 Å². The lowest BCUT2D eigenvalue weighted by atomic mass is 10.0. The molecule has 1 aliphatic carbocycles. The summed E-state index contributed by atoms with van der Waals surface area (Å²) in [6.45, 7) is 9.28. The second kappa shape index (κ2) is 13.0. The van der Waals surface area contributed by atoms with Crippen molar-refractivity contribution >= 4 is 34.6 Å². The van der Waals surface area contributed by atoms with E-state index in [9.17, 15) is 23.2 Å². The number of hydrogen-bond donors (Lipinski definition) is 1. The number of piperidine rings is 1. The summed E-state index contributed by atoms with van der Waals surface area (Å²) >= 11 is 3.02. The summed E-state index contributed by atoms with van der Waals surface area (Å²) in [4.78, 5) is 38.0. The van der Waals surface area contributed by atoms with Crippen molar-refractivity contribution in [1.82, 2.24) is 19.8 Å². The molecule has 36 heavy (non-hydrogen) atoms. The number of aromatic nitrogens is 2. The molecule has 198 valence electrons. The Hall–Kier alpha value is -2.66. The number of imidazole rings is 1. The quantitative estimate of drug-likeness (QED) is 0.308. The first-order valence-corrected chi connectivity index (χ1v) is 12.3. The molecule has 2 aromatic rings. The lowest BCUT2D eigenvalue weighted by Gasteiger charge is -2.17. The van der Waals surface area contributed by atoms with Crippen LogP contribution in [0.2, 0.25) is 0 Å². The molecule has 1 amide bonds. The Balaban J connectivity index is 0.000000219. The molecular formula is C25H33BrF2N4O4. The van der Waals surface area contributed by atoms with Crippen molar-refractivity contribution in [3.8, 4) is 0 Å².